The number of hydrogen-bond acceptors (Lipinski definition) is 8. The van der Waals surface area contributed by atoms with Crippen molar-refractivity contribution in [3.63, 3.8) is 0 Å². The minimum absolute atomic E-state index is 0.0459. The number of carboxylic acid groups (broad SMARTS) is 2. The molecule has 14 heteroatoms. The summed E-state index contributed by atoms with van der Waals surface area (Å²) < 4.78 is 0. The fourth-order valence-corrected chi connectivity index (χ4v) is 2.90. The van der Waals surface area contributed by atoms with Gasteiger partial charge in [0.1, 0.15) is 18.1 Å². The summed E-state index contributed by atoms with van der Waals surface area (Å²) in [5.41, 5.74) is 6.43. The van der Waals surface area contributed by atoms with Gasteiger partial charge >= 0.3 is 11.9 Å². The smallest absolute Gasteiger partial charge is 0.326 e. The van der Waals surface area contributed by atoms with Crippen LogP contribution >= 0.6 is 0 Å². The molecular formula is C20H32N6O8. The quantitative estimate of drug-likeness (QED) is 0.141. The van der Waals surface area contributed by atoms with E-state index in [1.54, 1.807) is 6.92 Å². The van der Waals surface area contributed by atoms with Crippen LogP contribution in [0.1, 0.15) is 39.3 Å². The van der Waals surface area contributed by atoms with Gasteiger partial charge in [0.2, 0.25) is 17.7 Å². The van der Waals surface area contributed by atoms with Gasteiger partial charge in [-0.2, -0.15) is 0 Å². The fourth-order valence-electron chi connectivity index (χ4n) is 2.90. The lowest BCUT2D eigenvalue weighted by Gasteiger charge is -2.27. The lowest BCUT2D eigenvalue weighted by Crippen LogP contribution is -2.60. The van der Waals surface area contributed by atoms with E-state index < -0.39 is 66.4 Å². The van der Waals surface area contributed by atoms with Crippen LogP contribution in [0.4, 0.5) is 0 Å². The number of rotatable bonds is 14. The molecule has 0 aliphatic heterocycles. The zero-order valence-corrected chi connectivity index (χ0v) is 19.1. The molecule has 0 bridgehead atoms. The Morgan fingerprint density at radius 2 is 1.65 bits per heavy atom. The third-order valence-corrected chi connectivity index (χ3v) is 5.23. The third-order valence-electron chi connectivity index (χ3n) is 5.23. The molecule has 0 radical (unpaired) electrons. The molecule has 0 aliphatic rings. The molecule has 3 amide bonds. The molecular weight excluding hydrogens is 452 g/mol. The standard InChI is InChI=1S/C20H32N6O8/c1-4-9(2)15(21)18(31)24-12(5-11-7-22-8-23-11)17(30)26-16(10(3)27)19(32)25-13(20(33)34)6-14(28)29/h7-10,12-13,15-16,27H,4-6,21H2,1-3H3,(H,22,23)(H,24,31)(H,25,32)(H,26,30)(H,28,29)(H,33,34). The van der Waals surface area contributed by atoms with E-state index in [9.17, 15) is 29.1 Å². The Morgan fingerprint density at radius 3 is 2.12 bits per heavy atom. The molecule has 9 N–H and O–H groups in total. The van der Waals surface area contributed by atoms with Crippen molar-refractivity contribution >= 4 is 29.7 Å². The van der Waals surface area contributed by atoms with Crippen LogP contribution in [-0.2, 0) is 30.4 Å². The molecule has 0 aromatic carbocycles. The van der Waals surface area contributed by atoms with Crippen molar-refractivity contribution in [1.29, 1.82) is 0 Å². The van der Waals surface area contributed by atoms with Crippen LogP contribution in [0.25, 0.3) is 0 Å². The van der Waals surface area contributed by atoms with Crippen LogP contribution in [0, 0.1) is 5.92 Å². The summed E-state index contributed by atoms with van der Waals surface area (Å²) in [7, 11) is 0. The Morgan fingerprint density at radius 1 is 1.03 bits per heavy atom. The van der Waals surface area contributed by atoms with Crippen molar-refractivity contribution in [2.24, 2.45) is 11.7 Å². The summed E-state index contributed by atoms with van der Waals surface area (Å²) >= 11 is 0. The molecule has 0 saturated heterocycles. The molecule has 0 aliphatic carbocycles. The molecule has 14 nitrogen and oxygen atoms in total. The number of nitrogens with two attached hydrogens (primary N) is 1. The van der Waals surface area contributed by atoms with Crippen LogP contribution in [0.3, 0.4) is 0 Å². The maximum Gasteiger partial charge on any atom is 0.326 e. The maximum atomic E-state index is 13.0. The van der Waals surface area contributed by atoms with E-state index in [1.165, 1.54) is 19.4 Å². The van der Waals surface area contributed by atoms with Crippen molar-refractivity contribution in [1.82, 2.24) is 25.9 Å². The van der Waals surface area contributed by atoms with E-state index >= 15 is 0 Å². The number of amides is 3. The van der Waals surface area contributed by atoms with Gasteiger partial charge in [0.05, 0.1) is 24.9 Å². The lowest BCUT2D eigenvalue weighted by molar-refractivity contribution is -0.148. The highest BCUT2D eigenvalue weighted by Crippen LogP contribution is 2.07. The number of H-pyrrole nitrogens is 1. The van der Waals surface area contributed by atoms with Crippen LogP contribution in [0.5, 0.6) is 0 Å². The van der Waals surface area contributed by atoms with Crippen molar-refractivity contribution < 1.29 is 39.3 Å². The third kappa shape index (κ3) is 8.78. The number of aliphatic carboxylic acids is 2. The second-order valence-electron chi connectivity index (χ2n) is 7.98. The zero-order valence-electron chi connectivity index (χ0n) is 19.1. The number of aromatic nitrogens is 2. The number of aliphatic hydroxyl groups is 1. The molecule has 1 aromatic rings. The normalized spacial score (nSPS) is 16.3. The summed E-state index contributed by atoms with van der Waals surface area (Å²) in [4.78, 5) is 66.8. The number of nitrogens with zero attached hydrogens (tertiary/aromatic N) is 1. The second kappa shape index (κ2) is 13.3. The average molecular weight is 485 g/mol. The summed E-state index contributed by atoms with van der Waals surface area (Å²) in [5, 5.41) is 34.8. The number of carboxylic acids is 2. The van der Waals surface area contributed by atoms with Gasteiger partial charge in [-0.1, -0.05) is 20.3 Å². The van der Waals surface area contributed by atoms with Gasteiger partial charge in [-0.3, -0.25) is 19.2 Å². The lowest BCUT2D eigenvalue weighted by atomic mass is 9.98. The Bertz CT molecular complexity index is 859. The maximum absolute atomic E-state index is 13.0. The highest BCUT2D eigenvalue weighted by Gasteiger charge is 2.34. The first-order valence-electron chi connectivity index (χ1n) is 10.6. The zero-order chi connectivity index (χ0) is 26.0. The van der Waals surface area contributed by atoms with Gasteiger partial charge in [-0.25, -0.2) is 9.78 Å². The van der Waals surface area contributed by atoms with E-state index in [0.717, 1.165) is 0 Å². The van der Waals surface area contributed by atoms with E-state index in [0.29, 0.717) is 12.1 Å². The van der Waals surface area contributed by atoms with Crippen molar-refractivity contribution in [3.05, 3.63) is 18.2 Å². The largest absolute Gasteiger partial charge is 0.481 e. The molecule has 6 atom stereocenters. The van der Waals surface area contributed by atoms with Crippen molar-refractivity contribution in [2.75, 3.05) is 0 Å². The molecule has 0 saturated carbocycles. The number of aliphatic hydroxyl groups excluding tert-OH is 1. The Kier molecular flexibility index (Phi) is 11.1. The number of hydrogen-bond donors (Lipinski definition) is 8. The first-order valence-corrected chi connectivity index (χ1v) is 10.6. The number of imidazole rings is 1. The minimum Gasteiger partial charge on any atom is -0.481 e. The average Bonchev–Trinajstić information content (AvgIpc) is 3.27. The molecule has 1 aromatic heterocycles. The van der Waals surface area contributed by atoms with Gasteiger partial charge in [-0.05, 0) is 12.8 Å². The van der Waals surface area contributed by atoms with Crippen LogP contribution in [0.15, 0.2) is 12.5 Å². The number of nitrogens with one attached hydrogen (secondary N) is 4. The number of carbonyl (C=O) groups is 5. The second-order valence-corrected chi connectivity index (χ2v) is 7.98. The summed E-state index contributed by atoms with van der Waals surface area (Å²) in [6.07, 6.45) is 0.996. The predicted octanol–water partition coefficient (Wildman–Crippen LogP) is -2.28. The van der Waals surface area contributed by atoms with Gasteiger partial charge in [-0.15, -0.1) is 0 Å². The fraction of sp³-hybridized carbons (Fsp3) is 0.600. The Labute approximate surface area is 195 Å². The first kappa shape index (κ1) is 28.5. The molecule has 1 heterocycles. The summed E-state index contributed by atoms with van der Waals surface area (Å²) in [6, 6.07) is -5.53. The number of aromatic amines is 1. The highest BCUT2D eigenvalue weighted by molar-refractivity contribution is 5.95. The minimum atomic E-state index is -1.78. The monoisotopic (exact) mass is 484 g/mol. The van der Waals surface area contributed by atoms with Crippen LogP contribution < -0.4 is 21.7 Å². The van der Waals surface area contributed by atoms with E-state index in [4.69, 9.17) is 15.9 Å². The van der Waals surface area contributed by atoms with E-state index in [1.807, 2.05) is 12.2 Å². The van der Waals surface area contributed by atoms with Gasteiger partial charge in [0.15, 0.2) is 0 Å². The topological polar surface area (TPSA) is 237 Å². The summed E-state index contributed by atoms with van der Waals surface area (Å²) in [6.45, 7) is 4.81. The number of carbonyl (C=O) groups excluding carboxylic acids is 3. The van der Waals surface area contributed by atoms with Crippen molar-refractivity contribution in [2.45, 2.75) is 70.3 Å². The first-order chi connectivity index (χ1) is 15.9. The molecule has 0 fully saturated rings. The van der Waals surface area contributed by atoms with Gasteiger partial charge < -0.3 is 42.0 Å². The SMILES string of the molecule is CCC(C)C(N)C(=O)NC(Cc1cnc[nH]1)C(=O)NC(C(=O)NC(CC(=O)O)C(=O)O)C(C)O. The molecule has 0 spiro atoms. The molecule has 6 unspecified atom stereocenters. The van der Waals surface area contributed by atoms with E-state index in [-0.39, 0.29) is 12.3 Å². The summed E-state index contributed by atoms with van der Waals surface area (Å²) in [5.74, 6) is -5.81. The van der Waals surface area contributed by atoms with Crippen molar-refractivity contribution in [3.8, 4) is 0 Å². The van der Waals surface area contributed by atoms with Gasteiger partial charge in [0, 0.05) is 18.3 Å². The van der Waals surface area contributed by atoms with Crippen LogP contribution in [0.2, 0.25) is 0 Å². The highest BCUT2D eigenvalue weighted by atomic mass is 16.4. The van der Waals surface area contributed by atoms with E-state index in [2.05, 4.69) is 20.6 Å². The molecule has 190 valence electrons. The molecule has 1 rings (SSSR count). The van der Waals surface area contributed by atoms with Gasteiger partial charge in [0.25, 0.3) is 0 Å². The molecule has 34 heavy (non-hydrogen) atoms. The van der Waals surface area contributed by atoms with Crippen LogP contribution in [-0.4, -0.2) is 85.2 Å². The Balaban J connectivity index is 3.04. The predicted molar refractivity (Wildman–Crippen MR) is 117 cm³/mol. The Hall–Kier alpha value is -3.52.